The van der Waals surface area contributed by atoms with Crippen molar-refractivity contribution in [2.75, 3.05) is 32.7 Å². The Balaban J connectivity index is 2.42. The van der Waals surface area contributed by atoms with Crippen molar-refractivity contribution in [3.8, 4) is 6.07 Å². The number of rotatable bonds is 8. The van der Waals surface area contributed by atoms with Crippen LogP contribution < -0.4 is 5.32 Å². The van der Waals surface area contributed by atoms with Crippen LogP contribution in [0.4, 0.5) is 0 Å². The van der Waals surface area contributed by atoms with Gasteiger partial charge in [-0.3, -0.25) is 10.2 Å². The van der Waals surface area contributed by atoms with E-state index >= 15 is 0 Å². The van der Waals surface area contributed by atoms with Gasteiger partial charge in [0.05, 0.1) is 6.07 Å². The zero-order chi connectivity index (χ0) is 15.2. The molecule has 1 aliphatic heterocycles. The third-order valence-electron chi connectivity index (χ3n) is 4.36. The van der Waals surface area contributed by atoms with Crippen LogP contribution in [0.2, 0.25) is 0 Å². The largest absolute Gasteiger partial charge is 0.302 e. The summed E-state index contributed by atoms with van der Waals surface area (Å²) >= 11 is 0. The molecule has 1 N–H and O–H groups in total. The van der Waals surface area contributed by atoms with Crippen LogP contribution in [0.5, 0.6) is 0 Å². The second kappa shape index (κ2) is 7.97. The van der Waals surface area contributed by atoms with Crippen LogP contribution in [0.3, 0.4) is 0 Å². The molecule has 4 nitrogen and oxygen atoms in total. The number of hydrogen-bond acceptors (Lipinski definition) is 4. The molecule has 4 heteroatoms. The van der Waals surface area contributed by atoms with Gasteiger partial charge in [0.25, 0.3) is 0 Å². The normalized spacial score (nSPS) is 23.2. The standard InChI is InChI=1S/C16H32N4/c1-6-20(7-2)15-8-10-19(12-15)11-9-16(5,13-17)18-14(3)4/h14-15,18H,6-12H2,1-5H3. The highest BCUT2D eigenvalue weighted by Crippen LogP contribution is 2.18. The lowest BCUT2D eigenvalue weighted by Crippen LogP contribution is -2.47. The molecule has 0 saturated carbocycles. The van der Waals surface area contributed by atoms with E-state index in [0.717, 1.165) is 32.6 Å². The predicted molar refractivity (Wildman–Crippen MR) is 84.7 cm³/mol. The Morgan fingerprint density at radius 2 is 2.05 bits per heavy atom. The first-order valence-corrected chi connectivity index (χ1v) is 8.09. The maximum atomic E-state index is 9.39. The van der Waals surface area contributed by atoms with Gasteiger partial charge in [0.15, 0.2) is 0 Å². The third-order valence-corrected chi connectivity index (χ3v) is 4.36. The summed E-state index contributed by atoms with van der Waals surface area (Å²) in [5, 5.41) is 12.8. The van der Waals surface area contributed by atoms with Crippen molar-refractivity contribution < 1.29 is 0 Å². The van der Waals surface area contributed by atoms with Crippen molar-refractivity contribution in [1.29, 1.82) is 5.26 Å². The number of hydrogen-bond donors (Lipinski definition) is 1. The highest BCUT2D eigenvalue weighted by molar-refractivity contribution is 5.05. The molecule has 2 unspecified atom stereocenters. The SMILES string of the molecule is CCN(CC)C1CCN(CCC(C)(C#N)NC(C)C)C1. The number of nitrogens with zero attached hydrogens (tertiary/aromatic N) is 3. The zero-order valence-electron chi connectivity index (χ0n) is 13.9. The minimum Gasteiger partial charge on any atom is -0.302 e. The van der Waals surface area contributed by atoms with Crippen molar-refractivity contribution >= 4 is 0 Å². The van der Waals surface area contributed by atoms with E-state index in [4.69, 9.17) is 0 Å². The summed E-state index contributed by atoms with van der Waals surface area (Å²) in [6.07, 6.45) is 2.16. The fourth-order valence-electron chi connectivity index (χ4n) is 3.23. The van der Waals surface area contributed by atoms with Gasteiger partial charge < -0.3 is 4.90 Å². The lowest BCUT2D eigenvalue weighted by molar-refractivity contribution is 0.205. The third kappa shape index (κ3) is 5.05. The summed E-state index contributed by atoms with van der Waals surface area (Å²) in [4.78, 5) is 5.07. The molecule has 1 saturated heterocycles. The van der Waals surface area contributed by atoms with Crippen molar-refractivity contribution in [1.82, 2.24) is 15.1 Å². The lowest BCUT2D eigenvalue weighted by Gasteiger charge is -2.29. The highest BCUT2D eigenvalue weighted by atomic mass is 15.2. The predicted octanol–water partition coefficient (Wildman–Crippen LogP) is 2.07. The maximum absolute atomic E-state index is 9.39. The second-order valence-corrected chi connectivity index (χ2v) is 6.46. The van der Waals surface area contributed by atoms with Gasteiger partial charge in [-0.1, -0.05) is 13.8 Å². The van der Waals surface area contributed by atoms with E-state index in [-0.39, 0.29) is 0 Å². The van der Waals surface area contributed by atoms with E-state index in [2.05, 4.69) is 48.9 Å². The summed E-state index contributed by atoms with van der Waals surface area (Å²) in [6, 6.07) is 3.50. The lowest BCUT2D eigenvalue weighted by atomic mass is 9.98. The Morgan fingerprint density at radius 1 is 1.40 bits per heavy atom. The molecule has 2 atom stereocenters. The summed E-state index contributed by atoms with van der Waals surface area (Å²) in [7, 11) is 0. The average Bonchev–Trinajstić information content (AvgIpc) is 2.86. The first-order chi connectivity index (χ1) is 9.44. The molecule has 0 aromatic rings. The monoisotopic (exact) mass is 280 g/mol. The molecule has 20 heavy (non-hydrogen) atoms. The number of likely N-dealkylation sites (tertiary alicyclic amines) is 1. The first kappa shape index (κ1) is 17.4. The molecule has 0 amide bonds. The van der Waals surface area contributed by atoms with Gasteiger partial charge in [-0.15, -0.1) is 0 Å². The minimum atomic E-state index is -0.401. The van der Waals surface area contributed by atoms with E-state index in [1.165, 1.54) is 13.0 Å². The average molecular weight is 280 g/mol. The molecule has 1 heterocycles. The summed E-state index contributed by atoms with van der Waals surface area (Å²) in [5.74, 6) is 0. The highest BCUT2D eigenvalue weighted by Gasteiger charge is 2.29. The Bertz CT molecular complexity index is 319. The summed E-state index contributed by atoms with van der Waals surface area (Å²) in [5.41, 5.74) is -0.401. The number of nitriles is 1. The van der Waals surface area contributed by atoms with E-state index in [1.807, 2.05) is 6.92 Å². The summed E-state index contributed by atoms with van der Waals surface area (Å²) in [6.45, 7) is 16.3. The quantitative estimate of drug-likeness (QED) is 0.739. The Morgan fingerprint density at radius 3 is 2.55 bits per heavy atom. The number of nitrogens with one attached hydrogen (secondary N) is 1. The summed E-state index contributed by atoms with van der Waals surface area (Å²) < 4.78 is 0. The molecule has 0 radical (unpaired) electrons. The molecule has 0 spiro atoms. The van der Waals surface area contributed by atoms with Gasteiger partial charge in [-0.2, -0.15) is 5.26 Å². The maximum Gasteiger partial charge on any atom is 0.105 e. The van der Waals surface area contributed by atoms with Crippen LogP contribution in [0.15, 0.2) is 0 Å². The van der Waals surface area contributed by atoms with Crippen molar-refractivity contribution in [2.24, 2.45) is 0 Å². The molecule has 1 rings (SSSR count). The zero-order valence-corrected chi connectivity index (χ0v) is 13.9. The van der Waals surface area contributed by atoms with Crippen molar-refractivity contribution in [2.45, 2.75) is 65.1 Å². The van der Waals surface area contributed by atoms with Crippen LogP contribution in [0.1, 0.15) is 47.5 Å². The van der Waals surface area contributed by atoms with Crippen LogP contribution in [0.25, 0.3) is 0 Å². The van der Waals surface area contributed by atoms with E-state index in [1.54, 1.807) is 0 Å². The first-order valence-electron chi connectivity index (χ1n) is 8.09. The van der Waals surface area contributed by atoms with Crippen LogP contribution in [-0.4, -0.2) is 60.1 Å². The van der Waals surface area contributed by atoms with E-state index in [0.29, 0.717) is 12.1 Å². The van der Waals surface area contributed by atoms with E-state index < -0.39 is 5.54 Å². The van der Waals surface area contributed by atoms with Gasteiger partial charge in [-0.25, -0.2) is 0 Å². The topological polar surface area (TPSA) is 42.3 Å². The number of likely N-dealkylation sites (N-methyl/N-ethyl adjacent to an activating group) is 1. The molecule has 0 aromatic heterocycles. The fourth-order valence-corrected chi connectivity index (χ4v) is 3.23. The fraction of sp³-hybridized carbons (Fsp3) is 0.938. The molecule has 116 valence electrons. The second-order valence-electron chi connectivity index (χ2n) is 6.46. The van der Waals surface area contributed by atoms with Crippen LogP contribution in [0, 0.1) is 11.3 Å². The van der Waals surface area contributed by atoms with Gasteiger partial charge >= 0.3 is 0 Å². The van der Waals surface area contributed by atoms with Crippen molar-refractivity contribution in [3.05, 3.63) is 0 Å². The smallest absolute Gasteiger partial charge is 0.105 e. The molecule has 0 aromatic carbocycles. The molecular formula is C16H32N4. The van der Waals surface area contributed by atoms with Gasteiger partial charge in [0, 0.05) is 25.2 Å². The van der Waals surface area contributed by atoms with Crippen molar-refractivity contribution in [3.63, 3.8) is 0 Å². The molecule has 0 aliphatic carbocycles. The van der Waals surface area contributed by atoms with Gasteiger partial charge in [0.2, 0.25) is 0 Å². The van der Waals surface area contributed by atoms with Crippen LogP contribution >= 0.6 is 0 Å². The minimum absolute atomic E-state index is 0.349. The Hall–Kier alpha value is -0.630. The van der Waals surface area contributed by atoms with Crippen LogP contribution in [-0.2, 0) is 0 Å². The molecule has 1 fully saturated rings. The molecular weight excluding hydrogens is 248 g/mol. The van der Waals surface area contributed by atoms with Gasteiger partial charge in [0.1, 0.15) is 5.54 Å². The van der Waals surface area contributed by atoms with E-state index in [9.17, 15) is 5.26 Å². The Kier molecular flexibility index (Phi) is 6.94. The molecule has 1 aliphatic rings. The van der Waals surface area contributed by atoms with Gasteiger partial charge in [-0.05, 0) is 53.2 Å². The Labute approximate surface area is 125 Å². The molecule has 0 bridgehead atoms.